The molecule has 1 amide bonds. The molecule has 0 radical (unpaired) electrons. The molecule has 0 bridgehead atoms. The number of terminal acetylenes is 1. The molecule has 4 N–H and O–H groups in total. The summed E-state index contributed by atoms with van der Waals surface area (Å²) in [6.45, 7) is 2.60. The van der Waals surface area contributed by atoms with Gasteiger partial charge in [-0.05, 0) is 47.0 Å². The minimum atomic E-state index is -4.35. The lowest BCUT2D eigenvalue weighted by atomic mass is 9.92. The highest BCUT2D eigenvalue weighted by atomic mass is 35.5. The number of carbonyl (C=O) groups is 3. The third-order valence-electron chi connectivity index (χ3n) is 8.21. The Kier molecular flexibility index (Phi) is 19.2. The highest BCUT2D eigenvalue weighted by Crippen LogP contribution is 2.38. The molecular formula is C37H43Cl2F4N8O10PS2. The number of alkyl halides is 3. The molecule has 0 saturated heterocycles. The van der Waals surface area contributed by atoms with Crippen LogP contribution in [-0.4, -0.2) is 106 Å². The highest BCUT2D eigenvalue weighted by Gasteiger charge is 2.31. The summed E-state index contributed by atoms with van der Waals surface area (Å²) in [5.74, 6) is -0.856. The molecule has 2 unspecified atom stereocenters. The number of aliphatic carboxylic acids is 2. The third kappa shape index (κ3) is 15.2. The number of halogens is 6. The molecule has 2 aromatic carbocycles. The maximum absolute atomic E-state index is 14.5. The first-order chi connectivity index (χ1) is 29.7. The maximum atomic E-state index is 14.5. The van der Waals surface area contributed by atoms with Crippen LogP contribution in [0.5, 0.6) is 5.75 Å². The average molecular weight is 1000 g/mol. The summed E-state index contributed by atoms with van der Waals surface area (Å²) >= 11 is 12.7. The van der Waals surface area contributed by atoms with Gasteiger partial charge in [-0.1, -0.05) is 31.4 Å². The predicted molar refractivity (Wildman–Crippen MR) is 231 cm³/mol. The van der Waals surface area contributed by atoms with E-state index in [0.29, 0.717) is 31.8 Å². The van der Waals surface area contributed by atoms with Gasteiger partial charge in [0.1, 0.15) is 41.7 Å². The Morgan fingerprint density at radius 3 is 2.34 bits per heavy atom. The first-order valence-electron chi connectivity index (χ1n) is 18.2. The van der Waals surface area contributed by atoms with Crippen LogP contribution in [0.25, 0.3) is 5.69 Å². The van der Waals surface area contributed by atoms with Gasteiger partial charge < -0.3 is 33.9 Å². The average Bonchev–Trinajstić information content (AvgIpc) is 3.78. The van der Waals surface area contributed by atoms with Crippen molar-refractivity contribution in [3.63, 3.8) is 0 Å². The number of rotatable bonds is 11. The molecule has 18 nitrogen and oxygen atoms in total. The largest absolute Gasteiger partial charge is 0.778 e. The van der Waals surface area contributed by atoms with Crippen molar-refractivity contribution >= 4 is 82.4 Å². The molecule has 0 spiro atoms. The molecule has 64 heavy (non-hydrogen) atoms. The van der Waals surface area contributed by atoms with E-state index in [9.17, 15) is 46.2 Å². The fraction of sp³-hybridized carbons (Fsp3) is 0.432. The van der Waals surface area contributed by atoms with Crippen molar-refractivity contribution in [1.82, 2.24) is 28.6 Å². The Bertz CT molecular complexity index is 2570. The molecule has 6 rings (SSSR count). The summed E-state index contributed by atoms with van der Waals surface area (Å²) in [4.78, 5) is 69.1. The van der Waals surface area contributed by atoms with Crippen LogP contribution in [0.15, 0.2) is 34.1 Å². The molecule has 0 saturated carbocycles. The van der Waals surface area contributed by atoms with Crippen molar-refractivity contribution in [3.05, 3.63) is 73.4 Å². The number of nitrogens with zero attached hydrogens (tertiary/aromatic N) is 7. The van der Waals surface area contributed by atoms with E-state index in [1.165, 1.54) is 28.6 Å². The van der Waals surface area contributed by atoms with Crippen molar-refractivity contribution in [2.45, 2.75) is 52.1 Å². The van der Waals surface area contributed by atoms with Gasteiger partial charge in [-0.25, -0.2) is 23.1 Å². The monoisotopic (exact) mass is 1000 g/mol. The number of ether oxygens (including phenoxy) is 1. The second kappa shape index (κ2) is 22.9. The van der Waals surface area contributed by atoms with Crippen LogP contribution in [0.2, 0.25) is 5.02 Å². The number of aryl methyl sites for hydroxylation is 1. The van der Waals surface area contributed by atoms with Gasteiger partial charge in [-0.15, -0.1) is 23.1 Å². The zero-order valence-electron chi connectivity index (χ0n) is 34.9. The Labute approximate surface area is 380 Å². The Hall–Kier alpha value is -4.73. The number of aromatic nitrogens is 5. The summed E-state index contributed by atoms with van der Waals surface area (Å²) in [6, 6.07) is 4.65. The lowest BCUT2D eigenvalue weighted by molar-refractivity contribution is -0.193. The van der Waals surface area contributed by atoms with Gasteiger partial charge in [0.25, 0.3) is 5.91 Å². The molecule has 2 aliphatic heterocycles. The zero-order chi connectivity index (χ0) is 48.4. The molecule has 4 aromatic rings. The first kappa shape index (κ1) is 53.6. The molecule has 350 valence electrons. The van der Waals surface area contributed by atoms with Gasteiger partial charge in [-0.2, -0.15) is 17.8 Å². The number of carboxylic acid groups (broad SMARTS) is 2. The van der Waals surface area contributed by atoms with Crippen LogP contribution >= 0.6 is 42.3 Å². The van der Waals surface area contributed by atoms with E-state index in [2.05, 4.69) is 53.0 Å². The van der Waals surface area contributed by atoms with Crippen LogP contribution in [0, 0.1) is 36.3 Å². The van der Waals surface area contributed by atoms with Crippen molar-refractivity contribution < 1.29 is 61.2 Å². The fourth-order valence-electron chi connectivity index (χ4n) is 5.59. The van der Waals surface area contributed by atoms with Crippen LogP contribution in [0.3, 0.4) is 0 Å². The second-order valence-corrected chi connectivity index (χ2v) is 20.5. The lowest BCUT2D eigenvalue weighted by Crippen LogP contribution is -2.39. The standard InChI is InChI=1S/C18H17FN4O2S.C13H10Cl2F3N3O3.C3H8NO5P.C3H9S/c1-4-5-22-13-7-12(11(19)6-14(13)25-9-16(22)24)20-17-23-10-18(2,3)8-15(23)21-26-17;1-5-19-21(13(24)20(5)12(17)18)10-3-6(2-8(15)11(22)23)7(14)4-9(10)16;5-3(6)1-4-2-10(7,8)9;1-4(2)3/h1,6-7H,5,8-10H2,2-3H3;3-4,8,12H,2H2,1H3,(H,22,23);4H,1-2H2,(H,5,6)(H2,7,8,9);1-3H3/q;;;+1/p-1. The molecule has 2 aliphatic rings. The normalized spacial score (nSPS) is 15.3. The van der Waals surface area contributed by atoms with Gasteiger partial charge in [0.2, 0.25) is 4.80 Å². The number of benzene rings is 2. The Morgan fingerprint density at radius 2 is 1.80 bits per heavy atom. The number of hydrogen-bond acceptors (Lipinski definition) is 12. The third-order valence-corrected chi connectivity index (χ3v) is 10.3. The molecule has 0 fully saturated rings. The van der Waals surface area contributed by atoms with Gasteiger partial charge in [0, 0.05) is 42.0 Å². The molecule has 2 atom stereocenters. The summed E-state index contributed by atoms with van der Waals surface area (Å²) in [7, 11) is -3.71. The lowest BCUT2D eigenvalue weighted by Gasteiger charge is -2.28. The van der Waals surface area contributed by atoms with Gasteiger partial charge in [0.15, 0.2) is 18.2 Å². The van der Waals surface area contributed by atoms with Gasteiger partial charge in [-0.3, -0.25) is 24.6 Å². The first-order valence-corrected chi connectivity index (χ1v) is 24.0. The topological polar surface area (TPSA) is 247 Å². The fourth-order valence-corrected chi connectivity index (χ4v) is 7.13. The van der Waals surface area contributed by atoms with Crippen molar-refractivity contribution in [2.75, 3.05) is 49.6 Å². The van der Waals surface area contributed by atoms with Gasteiger partial charge >= 0.3 is 24.2 Å². The van der Waals surface area contributed by atoms with E-state index in [1.54, 1.807) is 0 Å². The minimum absolute atomic E-state index is 0.0926. The van der Waals surface area contributed by atoms with Crippen molar-refractivity contribution in [3.8, 4) is 23.8 Å². The molecule has 27 heteroatoms. The Balaban J connectivity index is 0.000000265. The number of anilines is 1. The van der Waals surface area contributed by atoms with Crippen molar-refractivity contribution in [1.29, 1.82) is 0 Å². The van der Waals surface area contributed by atoms with Crippen LogP contribution in [0.4, 0.5) is 28.9 Å². The van der Waals surface area contributed by atoms with E-state index in [-0.39, 0.29) is 57.6 Å². The molecule has 4 heterocycles. The van der Waals surface area contributed by atoms with E-state index < -0.39 is 67.3 Å². The van der Waals surface area contributed by atoms with Crippen LogP contribution in [0.1, 0.15) is 37.6 Å². The van der Waals surface area contributed by atoms with E-state index in [1.807, 2.05) is 9.88 Å². The number of fused-ring (bicyclic) bond motifs is 2. The van der Waals surface area contributed by atoms with E-state index in [4.69, 9.17) is 49.5 Å². The predicted octanol–water partition coefficient (Wildman–Crippen LogP) is 3.68. The summed E-state index contributed by atoms with van der Waals surface area (Å²) in [5.41, 5.74) is -0.865. The smallest absolute Gasteiger partial charge is 0.355 e. The summed E-state index contributed by atoms with van der Waals surface area (Å²) < 4.78 is 76.6. The zero-order valence-corrected chi connectivity index (χ0v) is 38.9. The number of carbonyl (C=O) groups excluding carboxylic acids is 1. The van der Waals surface area contributed by atoms with Crippen LogP contribution < -0.4 is 30.3 Å². The highest BCUT2D eigenvalue weighted by molar-refractivity contribution is 7.94. The van der Waals surface area contributed by atoms with Crippen LogP contribution in [-0.2, 0) is 49.2 Å². The number of nitrogens with one attached hydrogen (secondary N) is 1. The molecule has 0 aliphatic carbocycles. The second-order valence-electron chi connectivity index (χ2n) is 14.8. The number of hydrogen-bond donors (Lipinski definition) is 4. The quantitative estimate of drug-likeness (QED) is 0.0552. The SMILES string of the molecule is C#CCN1C(=O)COc2cc(F)c(N=c3snc4n3CC(C)(C)C4)cc21.C[S+](C)C.Cc1nn(-c2cc(CC(Cl)C(=O)O)c(Cl)cc2F)c(=O)n1C(F)F.O=C(O)CNCP(=O)([O-])O. The summed E-state index contributed by atoms with van der Waals surface area (Å²) in [6.07, 6.45) is 11.8. The minimum Gasteiger partial charge on any atom is -0.778 e. The molecule has 2 aromatic heterocycles. The van der Waals surface area contributed by atoms with Gasteiger partial charge in [0.05, 0.1) is 43.8 Å². The van der Waals surface area contributed by atoms with Crippen molar-refractivity contribution in [2.24, 2.45) is 10.4 Å². The van der Waals surface area contributed by atoms with E-state index >= 15 is 0 Å². The Morgan fingerprint density at radius 1 is 1.16 bits per heavy atom. The van der Waals surface area contributed by atoms with E-state index in [0.717, 1.165) is 37.8 Å². The maximum Gasteiger partial charge on any atom is 0.355 e. The number of carboxylic acids is 2. The number of amides is 1. The molecular weight excluding hydrogens is 958 g/mol. The summed E-state index contributed by atoms with van der Waals surface area (Å²) in [5, 5.41) is 20.9.